The number of carbonyl (C=O) groups excluding carboxylic acids is 1. The van der Waals surface area contributed by atoms with Crippen molar-refractivity contribution in [1.29, 1.82) is 0 Å². The number of nitrogens with zero attached hydrogens (tertiary/aromatic N) is 5. The van der Waals surface area contributed by atoms with Crippen LogP contribution in [0.25, 0.3) is 0 Å². The molecular weight excluding hydrogens is 419 g/mol. The zero-order valence-electron chi connectivity index (χ0n) is 19.3. The van der Waals surface area contributed by atoms with E-state index in [-0.39, 0.29) is 17.8 Å². The molecule has 1 saturated heterocycles. The molecule has 7 nitrogen and oxygen atoms in total. The highest BCUT2D eigenvalue weighted by Crippen LogP contribution is 2.32. The number of rotatable bonds is 7. The summed E-state index contributed by atoms with van der Waals surface area (Å²) in [6.45, 7) is 3.95. The highest BCUT2D eigenvalue weighted by molar-refractivity contribution is 5.95. The van der Waals surface area contributed by atoms with Crippen molar-refractivity contribution < 1.29 is 9.18 Å². The number of benzene rings is 1. The van der Waals surface area contributed by atoms with Gasteiger partial charge in [-0.1, -0.05) is 12.1 Å². The largest absolute Gasteiger partial charge is 0.348 e. The second kappa shape index (κ2) is 10.0. The van der Waals surface area contributed by atoms with Gasteiger partial charge >= 0.3 is 0 Å². The maximum atomic E-state index is 13.1. The van der Waals surface area contributed by atoms with E-state index in [1.807, 2.05) is 50.4 Å². The van der Waals surface area contributed by atoms with Gasteiger partial charge in [-0.15, -0.1) is 0 Å². The first-order valence-corrected chi connectivity index (χ1v) is 11.1. The Bertz CT molecular complexity index is 1100. The molecule has 1 atom stereocenters. The zero-order chi connectivity index (χ0) is 23.4. The third kappa shape index (κ3) is 5.51. The molecule has 1 aliphatic rings. The van der Waals surface area contributed by atoms with Crippen LogP contribution < -0.4 is 10.2 Å². The molecule has 0 bridgehead atoms. The molecule has 3 aromatic rings. The van der Waals surface area contributed by atoms with Gasteiger partial charge in [0.25, 0.3) is 5.91 Å². The van der Waals surface area contributed by atoms with E-state index in [0.717, 1.165) is 42.8 Å². The highest BCUT2D eigenvalue weighted by atomic mass is 19.1. The van der Waals surface area contributed by atoms with Crippen LogP contribution in [0.5, 0.6) is 0 Å². The third-order valence-corrected chi connectivity index (χ3v) is 5.90. The molecule has 2 aromatic heterocycles. The number of aromatic nitrogens is 3. The summed E-state index contributed by atoms with van der Waals surface area (Å²) in [5.74, 6) is 0.222. The highest BCUT2D eigenvalue weighted by Gasteiger charge is 2.28. The van der Waals surface area contributed by atoms with Gasteiger partial charge in [-0.2, -0.15) is 0 Å². The van der Waals surface area contributed by atoms with E-state index in [9.17, 15) is 9.18 Å². The van der Waals surface area contributed by atoms with Gasteiger partial charge in [-0.25, -0.2) is 14.4 Å². The Hall–Kier alpha value is -3.39. The second-order valence-electron chi connectivity index (χ2n) is 8.59. The molecule has 8 heteroatoms. The predicted octanol–water partition coefficient (Wildman–Crippen LogP) is 3.65. The Balaban J connectivity index is 1.41. The Morgan fingerprint density at radius 1 is 1.12 bits per heavy atom. The lowest BCUT2D eigenvalue weighted by Crippen LogP contribution is -2.26. The summed E-state index contributed by atoms with van der Waals surface area (Å²) in [5.41, 5.74) is 4.15. The van der Waals surface area contributed by atoms with Gasteiger partial charge in [-0.05, 0) is 56.1 Å². The van der Waals surface area contributed by atoms with E-state index in [1.165, 1.54) is 12.1 Å². The van der Waals surface area contributed by atoms with Crippen molar-refractivity contribution in [2.45, 2.75) is 38.9 Å². The van der Waals surface area contributed by atoms with E-state index in [1.54, 1.807) is 12.1 Å². The molecule has 4 rings (SSSR count). The lowest BCUT2D eigenvalue weighted by atomic mass is 10.1. The van der Waals surface area contributed by atoms with E-state index in [0.29, 0.717) is 23.8 Å². The molecule has 1 amide bonds. The molecule has 0 saturated carbocycles. The number of amides is 1. The lowest BCUT2D eigenvalue weighted by Gasteiger charge is -2.24. The first kappa shape index (κ1) is 22.8. The standard InChI is InChI=1S/C25H29FN6O/c1-17-21(24(33)27-13-18-6-8-20(26)9-7-18)10-11-22(30-17)23-5-4-12-32(23)16-19-14-28-25(29-15-19)31(2)3/h6-11,14-15,23H,4-5,12-13,16H2,1-3H3,(H,27,33). The van der Waals surface area contributed by atoms with E-state index < -0.39 is 0 Å². The minimum Gasteiger partial charge on any atom is -0.348 e. The first-order chi connectivity index (χ1) is 15.9. The van der Waals surface area contributed by atoms with Crippen molar-refractivity contribution in [2.75, 3.05) is 25.5 Å². The van der Waals surface area contributed by atoms with Crippen molar-refractivity contribution in [3.8, 4) is 0 Å². The minimum atomic E-state index is -0.292. The third-order valence-electron chi connectivity index (χ3n) is 5.90. The van der Waals surface area contributed by atoms with Gasteiger partial charge in [0.15, 0.2) is 0 Å². The van der Waals surface area contributed by atoms with E-state index in [4.69, 9.17) is 4.98 Å². The topological polar surface area (TPSA) is 74.2 Å². The summed E-state index contributed by atoms with van der Waals surface area (Å²) in [4.78, 5) is 30.6. The first-order valence-electron chi connectivity index (χ1n) is 11.1. The number of likely N-dealkylation sites (tertiary alicyclic amines) is 1. The second-order valence-corrected chi connectivity index (χ2v) is 8.59. The molecule has 1 fully saturated rings. The lowest BCUT2D eigenvalue weighted by molar-refractivity contribution is 0.0949. The van der Waals surface area contributed by atoms with Crippen LogP contribution in [0.2, 0.25) is 0 Å². The van der Waals surface area contributed by atoms with Crippen molar-refractivity contribution >= 4 is 11.9 Å². The molecule has 1 aliphatic heterocycles. The Labute approximate surface area is 193 Å². The molecule has 172 valence electrons. The number of pyridine rings is 1. The minimum absolute atomic E-state index is 0.183. The molecule has 1 aromatic carbocycles. The maximum Gasteiger partial charge on any atom is 0.253 e. The smallest absolute Gasteiger partial charge is 0.253 e. The number of hydrogen-bond acceptors (Lipinski definition) is 6. The van der Waals surface area contributed by atoms with Crippen molar-refractivity contribution in [3.63, 3.8) is 0 Å². The Morgan fingerprint density at radius 3 is 2.52 bits per heavy atom. The summed E-state index contributed by atoms with van der Waals surface area (Å²) >= 11 is 0. The van der Waals surface area contributed by atoms with Crippen LogP contribution in [-0.4, -0.2) is 46.4 Å². The van der Waals surface area contributed by atoms with Crippen LogP contribution in [0.3, 0.4) is 0 Å². The molecular formula is C25H29FN6O. The monoisotopic (exact) mass is 448 g/mol. The van der Waals surface area contributed by atoms with E-state index >= 15 is 0 Å². The molecule has 1 unspecified atom stereocenters. The van der Waals surface area contributed by atoms with Gasteiger partial charge in [0.1, 0.15) is 5.82 Å². The van der Waals surface area contributed by atoms with Crippen molar-refractivity contribution in [1.82, 2.24) is 25.2 Å². The van der Waals surface area contributed by atoms with Crippen molar-refractivity contribution in [2.24, 2.45) is 0 Å². The Morgan fingerprint density at radius 2 is 1.85 bits per heavy atom. The number of carbonyl (C=O) groups is 1. The Kier molecular flexibility index (Phi) is 6.93. The van der Waals surface area contributed by atoms with Gasteiger partial charge in [0, 0.05) is 45.1 Å². The summed E-state index contributed by atoms with van der Waals surface area (Å²) in [6, 6.07) is 10.1. The maximum absolute atomic E-state index is 13.1. The summed E-state index contributed by atoms with van der Waals surface area (Å²) in [7, 11) is 3.85. The average Bonchev–Trinajstić information content (AvgIpc) is 3.27. The normalized spacial score (nSPS) is 16.1. The number of halogens is 1. The quantitative estimate of drug-likeness (QED) is 0.595. The van der Waals surface area contributed by atoms with Crippen LogP contribution in [0.1, 0.15) is 51.8 Å². The molecule has 3 heterocycles. The summed E-state index contributed by atoms with van der Waals surface area (Å²) < 4.78 is 13.1. The van der Waals surface area contributed by atoms with Crippen LogP contribution in [-0.2, 0) is 13.1 Å². The fraction of sp³-hybridized carbons (Fsp3) is 0.360. The van der Waals surface area contributed by atoms with Crippen LogP contribution in [0.4, 0.5) is 10.3 Å². The van der Waals surface area contributed by atoms with Crippen LogP contribution in [0.15, 0.2) is 48.8 Å². The SMILES string of the molecule is Cc1nc(C2CCCN2Cc2cnc(N(C)C)nc2)ccc1C(=O)NCc1ccc(F)cc1. The number of nitrogens with one attached hydrogen (secondary N) is 1. The van der Waals surface area contributed by atoms with Crippen LogP contribution in [0, 0.1) is 12.7 Å². The van der Waals surface area contributed by atoms with Crippen molar-refractivity contribution in [3.05, 3.63) is 82.7 Å². The van der Waals surface area contributed by atoms with E-state index in [2.05, 4.69) is 20.2 Å². The molecule has 33 heavy (non-hydrogen) atoms. The predicted molar refractivity (Wildman–Crippen MR) is 125 cm³/mol. The number of aryl methyl sites for hydroxylation is 1. The zero-order valence-corrected chi connectivity index (χ0v) is 19.3. The number of anilines is 1. The number of hydrogen-bond donors (Lipinski definition) is 1. The summed E-state index contributed by atoms with van der Waals surface area (Å²) in [5, 5.41) is 2.89. The van der Waals surface area contributed by atoms with Gasteiger partial charge < -0.3 is 10.2 Å². The molecule has 0 aliphatic carbocycles. The summed E-state index contributed by atoms with van der Waals surface area (Å²) in [6.07, 6.45) is 5.89. The van der Waals surface area contributed by atoms with Gasteiger partial charge in [0.2, 0.25) is 5.95 Å². The molecule has 1 N–H and O–H groups in total. The van der Waals surface area contributed by atoms with Gasteiger partial charge in [-0.3, -0.25) is 14.7 Å². The van der Waals surface area contributed by atoms with Gasteiger partial charge in [0.05, 0.1) is 23.0 Å². The van der Waals surface area contributed by atoms with Crippen LogP contribution >= 0.6 is 0 Å². The molecule has 0 radical (unpaired) electrons. The fourth-order valence-electron chi connectivity index (χ4n) is 4.13. The molecule has 0 spiro atoms. The average molecular weight is 449 g/mol. The fourth-order valence-corrected chi connectivity index (χ4v) is 4.13.